The molecule has 4 nitrogen and oxygen atoms in total. The smallest absolute Gasteiger partial charge is 0.267 e. The van der Waals surface area contributed by atoms with Gasteiger partial charge in [0, 0.05) is 17.8 Å². The number of benzene rings is 2. The largest absolute Gasteiger partial charge is 0.508 e. The fraction of sp³-hybridized carbons (Fsp3) is 0.188. The molecular formula is C16H16ClNO3. The van der Waals surface area contributed by atoms with E-state index in [1.165, 1.54) is 17.0 Å². The summed E-state index contributed by atoms with van der Waals surface area (Å²) in [6.07, 6.45) is -0.651. The number of carbonyl (C=O) groups excluding carboxylic acids is 1. The zero-order valence-electron chi connectivity index (χ0n) is 11.8. The third kappa shape index (κ3) is 3.89. The zero-order valence-corrected chi connectivity index (χ0v) is 12.5. The summed E-state index contributed by atoms with van der Waals surface area (Å²) in [5, 5.41) is 9.82. The summed E-state index contributed by atoms with van der Waals surface area (Å²) in [6, 6.07) is 13.3. The summed E-state index contributed by atoms with van der Waals surface area (Å²) in [5.74, 6) is 0.506. The molecule has 0 radical (unpaired) electrons. The molecule has 0 fully saturated rings. The van der Waals surface area contributed by atoms with Crippen molar-refractivity contribution >= 4 is 23.2 Å². The Labute approximate surface area is 128 Å². The summed E-state index contributed by atoms with van der Waals surface area (Å²) in [7, 11) is 1.66. The average molecular weight is 306 g/mol. The predicted molar refractivity (Wildman–Crippen MR) is 83.1 cm³/mol. The minimum atomic E-state index is -0.651. The molecule has 21 heavy (non-hydrogen) atoms. The number of rotatable bonds is 4. The molecule has 0 saturated heterocycles. The summed E-state index contributed by atoms with van der Waals surface area (Å²) < 4.78 is 5.60. The Kier molecular flexibility index (Phi) is 4.70. The number of phenolic OH excluding ortho intramolecular Hbond substituents is 1. The van der Waals surface area contributed by atoms with Crippen molar-refractivity contribution in [1.29, 1.82) is 0 Å². The minimum absolute atomic E-state index is 0.155. The van der Waals surface area contributed by atoms with Gasteiger partial charge in [-0.25, -0.2) is 0 Å². The van der Waals surface area contributed by atoms with E-state index in [-0.39, 0.29) is 11.7 Å². The number of aromatic hydroxyl groups is 1. The summed E-state index contributed by atoms with van der Waals surface area (Å²) in [6.45, 7) is 1.68. The number of phenols is 1. The summed E-state index contributed by atoms with van der Waals surface area (Å²) in [4.78, 5) is 13.8. The van der Waals surface area contributed by atoms with Crippen molar-refractivity contribution in [1.82, 2.24) is 0 Å². The lowest BCUT2D eigenvalue weighted by molar-refractivity contribution is -0.124. The van der Waals surface area contributed by atoms with Crippen LogP contribution in [0.5, 0.6) is 11.5 Å². The van der Waals surface area contributed by atoms with Gasteiger partial charge in [-0.05, 0) is 49.4 Å². The maximum absolute atomic E-state index is 12.3. The lowest BCUT2D eigenvalue weighted by Gasteiger charge is -2.22. The number of likely N-dealkylation sites (N-methyl/N-ethyl adjacent to an activating group) is 1. The number of ether oxygens (including phenoxy) is 1. The predicted octanol–water partition coefficient (Wildman–Crippen LogP) is 3.48. The van der Waals surface area contributed by atoms with E-state index in [1.807, 2.05) is 0 Å². The normalized spacial score (nSPS) is 11.8. The Hall–Kier alpha value is -2.20. The number of hydrogen-bond acceptors (Lipinski definition) is 3. The summed E-state index contributed by atoms with van der Waals surface area (Å²) >= 11 is 5.88. The van der Waals surface area contributed by atoms with Crippen molar-refractivity contribution in [2.45, 2.75) is 13.0 Å². The average Bonchev–Trinajstić information content (AvgIpc) is 2.46. The molecule has 1 unspecified atom stereocenters. The van der Waals surface area contributed by atoms with Crippen LogP contribution in [0.2, 0.25) is 5.02 Å². The lowest BCUT2D eigenvalue weighted by atomic mass is 10.2. The molecule has 110 valence electrons. The van der Waals surface area contributed by atoms with Crippen LogP contribution in [0.25, 0.3) is 0 Å². The Bertz CT molecular complexity index is 628. The van der Waals surface area contributed by atoms with Crippen molar-refractivity contribution in [2.75, 3.05) is 11.9 Å². The second kappa shape index (κ2) is 6.50. The van der Waals surface area contributed by atoms with Crippen LogP contribution in [-0.2, 0) is 4.79 Å². The van der Waals surface area contributed by atoms with Crippen LogP contribution in [-0.4, -0.2) is 24.2 Å². The minimum Gasteiger partial charge on any atom is -0.508 e. The topological polar surface area (TPSA) is 49.8 Å². The van der Waals surface area contributed by atoms with Gasteiger partial charge in [-0.1, -0.05) is 17.7 Å². The molecule has 0 aromatic heterocycles. The van der Waals surface area contributed by atoms with E-state index in [2.05, 4.69) is 0 Å². The van der Waals surface area contributed by atoms with Crippen molar-refractivity contribution < 1.29 is 14.6 Å². The van der Waals surface area contributed by atoms with Gasteiger partial charge in [0.1, 0.15) is 11.5 Å². The first kappa shape index (κ1) is 15.2. The van der Waals surface area contributed by atoms with Gasteiger partial charge in [-0.2, -0.15) is 0 Å². The van der Waals surface area contributed by atoms with Gasteiger partial charge in [0.15, 0.2) is 6.10 Å². The molecule has 2 aromatic rings. The van der Waals surface area contributed by atoms with E-state index in [9.17, 15) is 9.90 Å². The van der Waals surface area contributed by atoms with E-state index < -0.39 is 6.10 Å². The molecule has 1 atom stereocenters. The molecule has 2 aromatic carbocycles. The third-order valence-electron chi connectivity index (χ3n) is 3.02. The second-order valence-corrected chi connectivity index (χ2v) is 5.07. The number of carbonyl (C=O) groups is 1. The van der Waals surface area contributed by atoms with Crippen LogP contribution in [0.15, 0.2) is 48.5 Å². The molecule has 1 N–H and O–H groups in total. The van der Waals surface area contributed by atoms with E-state index >= 15 is 0 Å². The molecule has 0 bridgehead atoms. The molecule has 0 aliphatic heterocycles. The molecule has 0 spiro atoms. The van der Waals surface area contributed by atoms with Crippen LogP contribution in [0, 0.1) is 0 Å². The van der Waals surface area contributed by atoms with E-state index in [0.717, 1.165) is 0 Å². The monoisotopic (exact) mass is 305 g/mol. The number of anilines is 1. The number of halogens is 1. The van der Waals surface area contributed by atoms with E-state index in [4.69, 9.17) is 16.3 Å². The van der Waals surface area contributed by atoms with Gasteiger partial charge < -0.3 is 14.7 Å². The van der Waals surface area contributed by atoms with Crippen molar-refractivity contribution in [3.63, 3.8) is 0 Å². The third-order valence-corrected chi connectivity index (χ3v) is 3.26. The van der Waals surface area contributed by atoms with Crippen LogP contribution < -0.4 is 9.64 Å². The number of nitrogens with zero attached hydrogens (tertiary/aromatic N) is 1. The van der Waals surface area contributed by atoms with Gasteiger partial charge in [-0.3, -0.25) is 4.79 Å². The van der Waals surface area contributed by atoms with Gasteiger partial charge in [0.2, 0.25) is 0 Å². The van der Waals surface area contributed by atoms with Crippen molar-refractivity contribution in [3.05, 3.63) is 53.6 Å². The summed E-state index contributed by atoms with van der Waals surface area (Å²) in [5.41, 5.74) is 0.680. The quantitative estimate of drug-likeness (QED) is 0.941. The number of hydrogen-bond donors (Lipinski definition) is 1. The molecule has 0 aliphatic rings. The Morgan fingerprint density at radius 1 is 1.24 bits per heavy atom. The molecule has 2 rings (SSSR count). The van der Waals surface area contributed by atoms with Crippen LogP contribution in [0.4, 0.5) is 5.69 Å². The van der Waals surface area contributed by atoms with Crippen LogP contribution in [0.1, 0.15) is 6.92 Å². The zero-order chi connectivity index (χ0) is 15.4. The highest BCUT2D eigenvalue weighted by Crippen LogP contribution is 2.21. The Morgan fingerprint density at radius 3 is 2.52 bits per heavy atom. The highest BCUT2D eigenvalue weighted by Gasteiger charge is 2.20. The van der Waals surface area contributed by atoms with Crippen LogP contribution >= 0.6 is 11.6 Å². The van der Waals surface area contributed by atoms with Gasteiger partial charge in [0.05, 0.1) is 0 Å². The Balaban J connectivity index is 2.06. The molecule has 0 saturated carbocycles. The fourth-order valence-corrected chi connectivity index (χ4v) is 2.05. The SMILES string of the molecule is CC(Oc1cccc(Cl)c1)C(=O)N(C)c1ccc(O)cc1. The fourth-order valence-electron chi connectivity index (χ4n) is 1.87. The first-order valence-electron chi connectivity index (χ1n) is 6.46. The first-order valence-corrected chi connectivity index (χ1v) is 6.84. The highest BCUT2D eigenvalue weighted by molar-refractivity contribution is 6.30. The second-order valence-electron chi connectivity index (χ2n) is 4.63. The highest BCUT2D eigenvalue weighted by atomic mass is 35.5. The Morgan fingerprint density at radius 2 is 1.90 bits per heavy atom. The molecule has 5 heteroatoms. The van der Waals surface area contributed by atoms with Crippen LogP contribution in [0.3, 0.4) is 0 Å². The van der Waals surface area contributed by atoms with E-state index in [0.29, 0.717) is 16.5 Å². The standard InChI is InChI=1S/C16H16ClNO3/c1-11(21-15-5-3-4-12(17)10-15)16(20)18(2)13-6-8-14(19)9-7-13/h3-11,19H,1-2H3. The van der Waals surface area contributed by atoms with Gasteiger partial charge in [-0.15, -0.1) is 0 Å². The molecule has 0 aliphatic carbocycles. The van der Waals surface area contributed by atoms with Crippen molar-refractivity contribution in [2.24, 2.45) is 0 Å². The maximum atomic E-state index is 12.3. The van der Waals surface area contributed by atoms with Gasteiger partial charge >= 0.3 is 0 Å². The molecule has 0 heterocycles. The molecular weight excluding hydrogens is 290 g/mol. The van der Waals surface area contributed by atoms with E-state index in [1.54, 1.807) is 50.4 Å². The van der Waals surface area contributed by atoms with Crippen molar-refractivity contribution in [3.8, 4) is 11.5 Å². The number of amides is 1. The molecule has 1 amide bonds. The van der Waals surface area contributed by atoms with Gasteiger partial charge in [0.25, 0.3) is 5.91 Å². The lowest BCUT2D eigenvalue weighted by Crippen LogP contribution is -2.37. The maximum Gasteiger partial charge on any atom is 0.267 e. The first-order chi connectivity index (χ1) is 9.97.